The van der Waals surface area contributed by atoms with Crippen molar-refractivity contribution in [1.29, 1.82) is 0 Å². The predicted molar refractivity (Wildman–Crippen MR) is 79.3 cm³/mol. The number of nitrogens with one attached hydrogen (secondary N) is 2. The minimum Gasteiger partial charge on any atom is -0.369 e. The van der Waals surface area contributed by atoms with Crippen molar-refractivity contribution in [2.24, 2.45) is 0 Å². The molecular formula is C13H16ClN5O. The first-order valence-electron chi connectivity index (χ1n) is 6.37. The van der Waals surface area contributed by atoms with Crippen molar-refractivity contribution in [3.8, 4) is 0 Å². The van der Waals surface area contributed by atoms with E-state index in [0.29, 0.717) is 28.6 Å². The average Bonchev–Trinajstić information content (AvgIpc) is 2.89. The molecule has 0 atom stereocenters. The highest BCUT2D eigenvalue weighted by atomic mass is 35.5. The molecule has 0 aliphatic carbocycles. The van der Waals surface area contributed by atoms with Crippen LogP contribution in [0, 0.1) is 0 Å². The van der Waals surface area contributed by atoms with Gasteiger partial charge in [-0.15, -0.1) is 0 Å². The van der Waals surface area contributed by atoms with Gasteiger partial charge in [-0.3, -0.25) is 9.48 Å². The van der Waals surface area contributed by atoms with E-state index < -0.39 is 0 Å². The molecule has 0 bridgehead atoms. The Morgan fingerprint density at radius 3 is 2.80 bits per heavy atom. The lowest BCUT2D eigenvalue weighted by atomic mass is 10.2. The third kappa shape index (κ3) is 3.27. The first kappa shape index (κ1) is 14.3. The highest BCUT2D eigenvalue weighted by Crippen LogP contribution is 2.20. The number of rotatable bonds is 5. The van der Waals surface area contributed by atoms with Gasteiger partial charge >= 0.3 is 0 Å². The lowest BCUT2D eigenvalue weighted by Gasteiger charge is -2.07. The van der Waals surface area contributed by atoms with Crippen molar-refractivity contribution in [2.45, 2.75) is 20.4 Å². The smallest absolute Gasteiger partial charge is 0.257 e. The van der Waals surface area contributed by atoms with Crippen LogP contribution in [-0.2, 0) is 6.54 Å². The van der Waals surface area contributed by atoms with Crippen LogP contribution in [0.3, 0.4) is 0 Å². The molecule has 106 valence electrons. The summed E-state index contributed by atoms with van der Waals surface area (Å²) < 4.78 is 1.73. The van der Waals surface area contributed by atoms with Gasteiger partial charge in [-0.25, -0.2) is 4.98 Å². The van der Waals surface area contributed by atoms with E-state index in [2.05, 4.69) is 20.7 Å². The Balaban J connectivity index is 2.10. The van der Waals surface area contributed by atoms with Crippen LogP contribution in [-0.4, -0.2) is 27.2 Å². The first-order valence-corrected chi connectivity index (χ1v) is 6.75. The van der Waals surface area contributed by atoms with E-state index in [0.717, 1.165) is 6.54 Å². The summed E-state index contributed by atoms with van der Waals surface area (Å²) in [5.74, 6) is 0.308. The topological polar surface area (TPSA) is 71.8 Å². The molecular weight excluding hydrogens is 278 g/mol. The van der Waals surface area contributed by atoms with Gasteiger partial charge in [0.2, 0.25) is 0 Å². The molecule has 0 aliphatic rings. The van der Waals surface area contributed by atoms with Crippen molar-refractivity contribution in [3.63, 3.8) is 0 Å². The normalized spacial score (nSPS) is 10.3. The fraction of sp³-hybridized carbons (Fsp3) is 0.308. The van der Waals surface area contributed by atoms with Crippen molar-refractivity contribution in [3.05, 3.63) is 35.2 Å². The second kappa shape index (κ2) is 6.38. The summed E-state index contributed by atoms with van der Waals surface area (Å²) in [5, 5.41) is 10.3. The summed E-state index contributed by atoms with van der Waals surface area (Å²) >= 11 is 6.06. The van der Waals surface area contributed by atoms with Gasteiger partial charge < -0.3 is 10.6 Å². The quantitative estimate of drug-likeness (QED) is 0.889. The third-order valence-electron chi connectivity index (χ3n) is 2.66. The van der Waals surface area contributed by atoms with E-state index in [1.165, 1.54) is 6.20 Å². The summed E-state index contributed by atoms with van der Waals surface area (Å²) in [5.41, 5.74) is 1.05. The van der Waals surface area contributed by atoms with Crippen LogP contribution in [0.1, 0.15) is 24.2 Å². The van der Waals surface area contributed by atoms with Gasteiger partial charge in [-0.2, -0.15) is 5.10 Å². The van der Waals surface area contributed by atoms with E-state index in [-0.39, 0.29) is 5.91 Å². The molecule has 6 nitrogen and oxygen atoms in total. The molecule has 0 aliphatic heterocycles. The molecule has 0 fully saturated rings. The number of halogens is 1. The molecule has 0 spiro atoms. The molecule has 1 amide bonds. The zero-order valence-corrected chi connectivity index (χ0v) is 12.1. The molecule has 20 heavy (non-hydrogen) atoms. The molecule has 2 heterocycles. The monoisotopic (exact) mass is 293 g/mol. The fourth-order valence-electron chi connectivity index (χ4n) is 1.66. The number of aromatic nitrogens is 3. The highest BCUT2D eigenvalue weighted by Gasteiger charge is 2.10. The third-order valence-corrected chi connectivity index (χ3v) is 2.95. The number of carbonyl (C=O) groups excluding carboxylic acids is 1. The highest BCUT2D eigenvalue weighted by molar-refractivity contribution is 6.33. The Bertz CT molecular complexity index is 611. The zero-order chi connectivity index (χ0) is 14.5. The molecule has 2 aromatic rings. The summed E-state index contributed by atoms with van der Waals surface area (Å²) in [6.45, 7) is 5.39. The van der Waals surface area contributed by atoms with Gasteiger partial charge in [0, 0.05) is 25.5 Å². The number of anilines is 2. The maximum Gasteiger partial charge on any atom is 0.257 e. The Labute approximate surface area is 122 Å². The predicted octanol–water partition coefficient (Wildman–Crippen LogP) is 2.64. The van der Waals surface area contributed by atoms with Crippen molar-refractivity contribution in [2.75, 3.05) is 17.2 Å². The summed E-state index contributed by atoms with van der Waals surface area (Å²) in [6, 6.07) is 1.59. The molecule has 2 N–H and O–H groups in total. The van der Waals surface area contributed by atoms with E-state index in [1.54, 1.807) is 23.1 Å². The van der Waals surface area contributed by atoms with Crippen molar-refractivity contribution >= 4 is 29.0 Å². The molecule has 0 unspecified atom stereocenters. The largest absolute Gasteiger partial charge is 0.369 e. The molecule has 0 aromatic carbocycles. The molecule has 0 saturated heterocycles. The van der Waals surface area contributed by atoms with Gasteiger partial charge in [0.05, 0.1) is 22.5 Å². The van der Waals surface area contributed by atoms with Crippen molar-refractivity contribution < 1.29 is 4.79 Å². The van der Waals surface area contributed by atoms with Crippen LogP contribution in [0.4, 0.5) is 11.5 Å². The van der Waals surface area contributed by atoms with Crippen molar-refractivity contribution in [1.82, 2.24) is 14.8 Å². The molecule has 2 rings (SSSR count). The molecule has 7 heteroatoms. The number of hydrogen-bond donors (Lipinski definition) is 2. The number of hydrogen-bond acceptors (Lipinski definition) is 4. The maximum absolute atomic E-state index is 12.1. The van der Waals surface area contributed by atoms with E-state index in [4.69, 9.17) is 11.6 Å². The van der Waals surface area contributed by atoms with Crippen LogP contribution in [0.15, 0.2) is 24.7 Å². The Kier molecular flexibility index (Phi) is 4.57. The minimum atomic E-state index is -0.266. The summed E-state index contributed by atoms with van der Waals surface area (Å²) in [4.78, 5) is 16.2. The second-order valence-electron chi connectivity index (χ2n) is 4.12. The van der Waals surface area contributed by atoms with E-state index in [1.807, 2.05) is 13.8 Å². The molecule has 0 saturated carbocycles. The number of nitrogens with zero attached hydrogens (tertiary/aromatic N) is 3. The number of amides is 1. The average molecular weight is 294 g/mol. The second-order valence-corrected chi connectivity index (χ2v) is 4.53. The Hall–Kier alpha value is -2.08. The number of pyridine rings is 1. The van der Waals surface area contributed by atoms with Crippen LogP contribution in [0.2, 0.25) is 5.02 Å². The summed E-state index contributed by atoms with van der Waals surface area (Å²) in [7, 11) is 0. The van der Waals surface area contributed by atoms with E-state index >= 15 is 0 Å². The van der Waals surface area contributed by atoms with E-state index in [9.17, 15) is 4.79 Å². The number of carbonyl (C=O) groups is 1. The zero-order valence-electron chi connectivity index (χ0n) is 11.4. The standard InChI is InChI=1S/C13H16ClN5O/c1-3-15-12-11(14)5-9(6-16-12)13(20)18-10-7-17-19(4-2)8-10/h5-8H,3-4H2,1-2H3,(H,15,16)(H,18,20). The van der Waals surface area contributed by atoms with Gasteiger partial charge in [-0.1, -0.05) is 11.6 Å². The lowest BCUT2D eigenvalue weighted by molar-refractivity contribution is 0.102. The number of aryl methyl sites for hydroxylation is 1. The maximum atomic E-state index is 12.1. The fourth-order valence-corrected chi connectivity index (χ4v) is 1.90. The van der Waals surface area contributed by atoms with Gasteiger partial charge in [0.25, 0.3) is 5.91 Å². The SMILES string of the molecule is CCNc1ncc(C(=O)Nc2cnn(CC)c2)cc1Cl. The molecule has 0 radical (unpaired) electrons. The van der Waals surface area contributed by atoms with Gasteiger partial charge in [0.1, 0.15) is 5.82 Å². The van der Waals surface area contributed by atoms with Crippen LogP contribution in [0.5, 0.6) is 0 Å². The Morgan fingerprint density at radius 1 is 1.40 bits per heavy atom. The Morgan fingerprint density at radius 2 is 2.20 bits per heavy atom. The minimum absolute atomic E-state index is 0.266. The van der Waals surface area contributed by atoms with Crippen LogP contribution >= 0.6 is 11.6 Å². The van der Waals surface area contributed by atoms with Crippen LogP contribution < -0.4 is 10.6 Å². The van der Waals surface area contributed by atoms with Crippen LogP contribution in [0.25, 0.3) is 0 Å². The van der Waals surface area contributed by atoms with Gasteiger partial charge in [-0.05, 0) is 19.9 Å². The molecule has 2 aromatic heterocycles. The van der Waals surface area contributed by atoms with Gasteiger partial charge in [0.15, 0.2) is 0 Å². The lowest BCUT2D eigenvalue weighted by Crippen LogP contribution is -2.12. The summed E-state index contributed by atoms with van der Waals surface area (Å²) in [6.07, 6.45) is 4.85. The first-order chi connectivity index (χ1) is 9.63.